The molecule has 0 radical (unpaired) electrons. The third-order valence-electron chi connectivity index (χ3n) is 2.71. The molecule has 0 aliphatic rings. The van der Waals surface area contributed by atoms with E-state index in [0.29, 0.717) is 18.8 Å². The van der Waals surface area contributed by atoms with Crippen molar-refractivity contribution in [2.75, 3.05) is 13.1 Å². The normalized spacial score (nSPS) is 10.6. The molecular weight excluding hydrogens is 343 g/mol. The van der Waals surface area contributed by atoms with Gasteiger partial charge in [-0.1, -0.05) is 35.5 Å². The number of rotatable bonds is 5. The van der Waals surface area contributed by atoms with Gasteiger partial charge in [0.1, 0.15) is 0 Å². The van der Waals surface area contributed by atoms with Gasteiger partial charge in [-0.15, -0.1) is 0 Å². The molecule has 0 unspecified atom stereocenters. The van der Waals surface area contributed by atoms with Crippen LogP contribution in [0.1, 0.15) is 16.9 Å². The number of carbonyl (C=O) groups is 2. The van der Waals surface area contributed by atoms with E-state index in [2.05, 4.69) is 10.5 Å². The zero-order chi connectivity index (χ0) is 18.9. The Balaban J connectivity index is 0.000000381. The number of halogens is 3. The lowest BCUT2D eigenvalue weighted by Gasteiger charge is -1.99. The van der Waals surface area contributed by atoms with Crippen molar-refractivity contribution in [2.45, 2.75) is 12.6 Å². The maximum atomic E-state index is 11.7. The lowest BCUT2D eigenvalue weighted by Crippen LogP contribution is -2.26. The molecule has 1 aromatic carbocycles. The van der Waals surface area contributed by atoms with Crippen LogP contribution in [0.2, 0.25) is 0 Å². The molecule has 0 spiro atoms. The largest absolute Gasteiger partial charge is 0.490 e. The van der Waals surface area contributed by atoms with Crippen molar-refractivity contribution < 1.29 is 32.4 Å². The Labute approximate surface area is 140 Å². The average molecular weight is 359 g/mol. The van der Waals surface area contributed by atoms with Crippen molar-refractivity contribution >= 4 is 11.9 Å². The van der Waals surface area contributed by atoms with E-state index in [1.165, 1.54) is 0 Å². The molecule has 2 aromatic rings. The zero-order valence-corrected chi connectivity index (χ0v) is 12.9. The number of alkyl halides is 3. The number of aromatic nitrogens is 1. The molecule has 7 nitrogen and oxygen atoms in total. The van der Waals surface area contributed by atoms with Gasteiger partial charge in [-0.25, -0.2) is 4.79 Å². The average Bonchev–Trinajstić information content (AvgIpc) is 3.05. The molecule has 0 aliphatic carbocycles. The molecule has 1 aromatic heterocycles. The summed E-state index contributed by atoms with van der Waals surface area (Å²) >= 11 is 0. The van der Waals surface area contributed by atoms with E-state index < -0.39 is 12.1 Å². The Morgan fingerprint density at radius 1 is 1.24 bits per heavy atom. The fourth-order valence-electron chi connectivity index (χ4n) is 1.52. The second kappa shape index (κ2) is 9.42. The minimum Gasteiger partial charge on any atom is -0.475 e. The highest BCUT2D eigenvalue weighted by atomic mass is 19.4. The summed E-state index contributed by atoms with van der Waals surface area (Å²) in [6.07, 6.45) is -4.34. The third kappa shape index (κ3) is 7.04. The third-order valence-corrected chi connectivity index (χ3v) is 2.71. The topological polar surface area (TPSA) is 118 Å². The van der Waals surface area contributed by atoms with Crippen LogP contribution < -0.4 is 11.1 Å². The summed E-state index contributed by atoms with van der Waals surface area (Å²) in [6.45, 7) is 1.09. The lowest BCUT2D eigenvalue weighted by molar-refractivity contribution is -0.192. The summed E-state index contributed by atoms with van der Waals surface area (Å²) in [6, 6.07) is 11.2. The van der Waals surface area contributed by atoms with E-state index in [-0.39, 0.29) is 11.6 Å². The second-order valence-electron chi connectivity index (χ2n) is 4.64. The van der Waals surface area contributed by atoms with Gasteiger partial charge in [-0.05, 0) is 13.0 Å². The highest BCUT2D eigenvalue weighted by molar-refractivity contribution is 5.93. The number of carboxylic acid groups (broad SMARTS) is 1. The maximum absolute atomic E-state index is 11.7. The van der Waals surface area contributed by atoms with Crippen molar-refractivity contribution in [3.8, 4) is 11.3 Å². The van der Waals surface area contributed by atoms with Gasteiger partial charge in [-0.2, -0.15) is 13.2 Å². The predicted octanol–water partition coefficient (Wildman–Crippen LogP) is 2.05. The Hall–Kier alpha value is -2.88. The van der Waals surface area contributed by atoms with Crippen LogP contribution in [0.4, 0.5) is 13.2 Å². The van der Waals surface area contributed by atoms with Gasteiger partial charge in [0.05, 0.1) is 0 Å². The van der Waals surface area contributed by atoms with E-state index in [0.717, 1.165) is 12.0 Å². The molecule has 1 heterocycles. The number of hydrogen-bond acceptors (Lipinski definition) is 5. The van der Waals surface area contributed by atoms with Crippen LogP contribution >= 0.6 is 0 Å². The Bertz CT molecular complexity index is 687. The van der Waals surface area contributed by atoms with Gasteiger partial charge >= 0.3 is 12.1 Å². The summed E-state index contributed by atoms with van der Waals surface area (Å²) in [7, 11) is 0. The van der Waals surface area contributed by atoms with Gasteiger partial charge in [-0.3, -0.25) is 4.79 Å². The second-order valence-corrected chi connectivity index (χ2v) is 4.64. The van der Waals surface area contributed by atoms with Crippen LogP contribution in [0.5, 0.6) is 0 Å². The number of nitrogens with two attached hydrogens (primary N) is 1. The van der Waals surface area contributed by atoms with Crippen molar-refractivity contribution in [3.05, 3.63) is 42.1 Å². The summed E-state index contributed by atoms with van der Waals surface area (Å²) in [5, 5.41) is 13.6. The number of benzene rings is 1. The quantitative estimate of drug-likeness (QED) is 0.703. The summed E-state index contributed by atoms with van der Waals surface area (Å²) in [4.78, 5) is 20.6. The summed E-state index contributed by atoms with van der Waals surface area (Å²) in [5.41, 5.74) is 6.53. The first-order valence-corrected chi connectivity index (χ1v) is 7.06. The van der Waals surface area contributed by atoms with Crippen LogP contribution in [0.3, 0.4) is 0 Å². The van der Waals surface area contributed by atoms with E-state index in [4.69, 9.17) is 20.2 Å². The van der Waals surface area contributed by atoms with Crippen LogP contribution in [-0.2, 0) is 4.79 Å². The van der Waals surface area contributed by atoms with E-state index in [9.17, 15) is 18.0 Å². The van der Waals surface area contributed by atoms with Crippen molar-refractivity contribution in [1.29, 1.82) is 0 Å². The van der Waals surface area contributed by atoms with Crippen molar-refractivity contribution in [1.82, 2.24) is 10.5 Å². The standard InChI is InChI=1S/C13H15N3O2.C2HF3O2/c14-7-4-8-15-13(17)11-9-12(18-16-11)10-5-2-1-3-6-10;3-2(4,5)1(6)7/h1-3,5-6,9H,4,7-8,14H2,(H,15,17);(H,6,7). The first-order chi connectivity index (χ1) is 11.8. The number of nitrogens with zero attached hydrogens (tertiary/aromatic N) is 1. The smallest absolute Gasteiger partial charge is 0.475 e. The Kier molecular flexibility index (Phi) is 7.60. The molecule has 4 N–H and O–H groups in total. The van der Waals surface area contributed by atoms with Crippen molar-refractivity contribution in [3.63, 3.8) is 0 Å². The summed E-state index contributed by atoms with van der Waals surface area (Å²) in [5.74, 6) is -2.42. The van der Waals surface area contributed by atoms with Crippen LogP contribution in [0.25, 0.3) is 11.3 Å². The van der Waals surface area contributed by atoms with Crippen LogP contribution in [-0.4, -0.2) is 41.4 Å². The lowest BCUT2D eigenvalue weighted by atomic mass is 10.1. The first kappa shape index (κ1) is 20.2. The molecule has 10 heteroatoms. The predicted molar refractivity (Wildman–Crippen MR) is 81.6 cm³/mol. The minimum atomic E-state index is -5.08. The number of hydrogen-bond donors (Lipinski definition) is 3. The highest BCUT2D eigenvalue weighted by Crippen LogP contribution is 2.19. The zero-order valence-electron chi connectivity index (χ0n) is 12.9. The van der Waals surface area contributed by atoms with Gasteiger partial charge in [0, 0.05) is 18.2 Å². The maximum Gasteiger partial charge on any atom is 0.490 e. The fraction of sp³-hybridized carbons (Fsp3) is 0.267. The molecular formula is C15H16F3N3O4. The monoisotopic (exact) mass is 359 g/mol. The van der Waals surface area contributed by atoms with E-state index >= 15 is 0 Å². The van der Waals surface area contributed by atoms with E-state index in [1.807, 2.05) is 30.3 Å². The number of aliphatic carboxylic acids is 1. The molecule has 0 aliphatic heterocycles. The van der Waals surface area contributed by atoms with Gasteiger partial charge in [0.25, 0.3) is 5.91 Å². The van der Waals surface area contributed by atoms with Crippen LogP contribution in [0, 0.1) is 0 Å². The Morgan fingerprint density at radius 2 is 1.84 bits per heavy atom. The van der Waals surface area contributed by atoms with Gasteiger partial charge in [0.2, 0.25) is 0 Å². The first-order valence-electron chi connectivity index (χ1n) is 7.06. The fourth-order valence-corrected chi connectivity index (χ4v) is 1.52. The number of nitrogens with one attached hydrogen (secondary N) is 1. The van der Waals surface area contributed by atoms with Gasteiger partial charge in [0.15, 0.2) is 11.5 Å². The van der Waals surface area contributed by atoms with Crippen LogP contribution in [0.15, 0.2) is 40.9 Å². The summed E-state index contributed by atoms with van der Waals surface area (Å²) < 4.78 is 36.9. The SMILES string of the molecule is NCCCNC(=O)c1cc(-c2ccccc2)on1.O=C(O)C(F)(F)F. The molecule has 0 atom stereocenters. The molecule has 0 fully saturated rings. The molecule has 25 heavy (non-hydrogen) atoms. The molecule has 0 saturated heterocycles. The Morgan fingerprint density at radius 3 is 2.36 bits per heavy atom. The number of carboxylic acids is 1. The minimum absolute atomic E-state index is 0.241. The highest BCUT2D eigenvalue weighted by Gasteiger charge is 2.38. The van der Waals surface area contributed by atoms with E-state index in [1.54, 1.807) is 6.07 Å². The molecule has 1 amide bonds. The molecule has 136 valence electrons. The number of carbonyl (C=O) groups excluding carboxylic acids is 1. The number of amides is 1. The van der Waals surface area contributed by atoms with Gasteiger partial charge < -0.3 is 20.7 Å². The van der Waals surface area contributed by atoms with Crippen molar-refractivity contribution in [2.24, 2.45) is 5.73 Å². The molecule has 0 bridgehead atoms. The molecule has 0 saturated carbocycles. The molecule has 2 rings (SSSR count).